The van der Waals surface area contributed by atoms with Crippen molar-refractivity contribution in [3.63, 3.8) is 0 Å². The Balaban J connectivity index is 1.14. The van der Waals surface area contributed by atoms with Gasteiger partial charge in [0.15, 0.2) is 0 Å². The summed E-state index contributed by atoms with van der Waals surface area (Å²) < 4.78 is 0. The Kier molecular flexibility index (Phi) is 13.3. The van der Waals surface area contributed by atoms with Crippen LogP contribution in [0.25, 0.3) is 10.9 Å². The molecular weight excluding hydrogens is 719 g/mol. The highest BCUT2D eigenvalue weighted by Gasteiger charge is 2.34. The number of fused-ring (bicyclic) bond motifs is 1. The smallest absolute Gasteiger partial charge is 0.243 e. The van der Waals surface area contributed by atoms with E-state index in [1.807, 2.05) is 96.0 Å². The normalized spacial score (nSPS) is 23.5. The van der Waals surface area contributed by atoms with Gasteiger partial charge in [-0.15, -0.1) is 0 Å². The summed E-state index contributed by atoms with van der Waals surface area (Å²) in [6.45, 7) is 3.51. The second-order valence-corrected chi connectivity index (χ2v) is 15.9. The Labute approximate surface area is 334 Å². The number of H-pyrrole nitrogens is 1. The molecule has 5 amide bonds. The molecule has 300 valence electrons. The second kappa shape index (κ2) is 19.1. The summed E-state index contributed by atoms with van der Waals surface area (Å²) in [5.74, 6) is -3.02. The van der Waals surface area contributed by atoms with E-state index in [9.17, 15) is 24.0 Å². The first-order chi connectivity index (χ1) is 27.8. The first kappa shape index (κ1) is 39.7. The van der Waals surface area contributed by atoms with Crippen LogP contribution in [0, 0.1) is 5.92 Å². The first-order valence-electron chi connectivity index (χ1n) is 20.6. The van der Waals surface area contributed by atoms with Crippen LogP contribution in [-0.2, 0) is 43.2 Å². The fourth-order valence-corrected chi connectivity index (χ4v) is 8.64. The van der Waals surface area contributed by atoms with Gasteiger partial charge in [-0.2, -0.15) is 0 Å². The molecule has 1 aromatic heterocycles. The number of piperidine rings is 2. The molecule has 3 fully saturated rings. The highest BCUT2D eigenvalue weighted by Crippen LogP contribution is 2.24. The van der Waals surface area contributed by atoms with Crippen LogP contribution >= 0.6 is 0 Å². The van der Waals surface area contributed by atoms with Gasteiger partial charge < -0.3 is 36.1 Å². The van der Waals surface area contributed by atoms with Gasteiger partial charge in [0.2, 0.25) is 29.5 Å². The number of nitrogens with one attached hydrogen (secondary N) is 5. The zero-order valence-corrected chi connectivity index (χ0v) is 32.6. The Hall–Kier alpha value is -5.49. The van der Waals surface area contributed by atoms with Crippen LogP contribution in [0.2, 0.25) is 0 Å². The molecule has 4 atom stereocenters. The van der Waals surface area contributed by atoms with E-state index in [2.05, 4.69) is 31.2 Å². The van der Waals surface area contributed by atoms with Crippen molar-refractivity contribution in [2.45, 2.75) is 88.4 Å². The predicted octanol–water partition coefficient (Wildman–Crippen LogP) is 3.65. The number of amides is 5. The molecule has 0 bridgehead atoms. The van der Waals surface area contributed by atoms with Crippen LogP contribution < -0.4 is 21.3 Å². The molecule has 3 aliphatic heterocycles. The van der Waals surface area contributed by atoms with Crippen molar-refractivity contribution in [1.29, 1.82) is 0 Å². The SMILES string of the molecule is O=C1C[C@@H](CC(=O)N2CCC(N3CCCCC3)CC2)C(=O)NC[C@@H](Cc2ccccc2)NC(=O)[C@@H](Cc2ccccc2)NC(=O)[C@H](Cc2c[nH]c3ccccc23)N1. The van der Waals surface area contributed by atoms with Crippen molar-refractivity contribution < 1.29 is 24.0 Å². The van der Waals surface area contributed by atoms with Gasteiger partial charge in [-0.1, -0.05) is 85.3 Å². The highest BCUT2D eigenvalue weighted by molar-refractivity contribution is 5.95. The predicted molar refractivity (Wildman–Crippen MR) is 219 cm³/mol. The van der Waals surface area contributed by atoms with Crippen LogP contribution in [0.5, 0.6) is 0 Å². The molecule has 0 unspecified atom stereocenters. The van der Waals surface area contributed by atoms with E-state index in [1.165, 1.54) is 19.3 Å². The number of rotatable bonds is 9. The molecule has 3 saturated heterocycles. The molecule has 0 aliphatic carbocycles. The number of aromatic nitrogens is 1. The molecule has 0 spiro atoms. The van der Waals surface area contributed by atoms with E-state index in [4.69, 9.17) is 0 Å². The summed E-state index contributed by atoms with van der Waals surface area (Å²) in [5.41, 5.74) is 3.52. The van der Waals surface area contributed by atoms with Crippen LogP contribution in [0.3, 0.4) is 0 Å². The Bertz CT molecular complexity index is 1990. The van der Waals surface area contributed by atoms with Crippen molar-refractivity contribution in [2.75, 3.05) is 32.7 Å². The lowest BCUT2D eigenvalue weighted by Gasteiger charge is -2.40. The number of likely N-dealkylation sites (tertiary alicyclic amines) is 2. The maximum atomic E-state index is 14.3. The summed E-state index contributed by atoms with van der Waals surface area (Å²) in [6.07, 6.45) is 7.66. The summed E-state index contributed by atoms with van der Waals surface area (Å²) in [7, 11) is 0. The minimum atomic E-state index is -1.07. The number of hydrogen-bond acceptors (Lipinski definition) is 6. The van der Waals surface area contributed by atoms with Gasteiger partial charge in [-0.05, 0) is 68.0 Å². The third kappa shape index (κ3) is 10.7. The molecule has 3 aromatic carbocycles. The first-order valence-corrected chi connectivity index (χ1v) is 20.6. The van der Waals surface area contributed by atoms with E-state index in [-0.39, 0.29) is 38.1 Å². The number of benzene rings is 3. The lowest BCUT2D eigenvalue weighted by molar-refractivity contribution is -0.139. The molecule has 5 N–H and O–H groups in total. The van der Waals surface area contributed by atoms with E-state index in [0.29, 0.717) is 25.6 Å². The van der Waals surface area contributed by atoms with E-state index in [0.717, 1.165) is 53.5 Å². The standard InChI is InChI=1S/C45H55N7O5/c53-41-27-33(28-42(54)52-22-18-36(19-23-52)51-20-10-3-11-21-51)43(55)47-30-35(24-31-12-4-1-5-13-31)48-44(56)39(25-32-14-6-2-7-15-32)50-45(57)40(49-41)26-34-29-46-38-17-9-8-16-37(34)38/h1-2,4-9,12-17,29,33,35-36,39-40,46H,3,10-11,18-28,30H2,(H,47,55)(H,48,56)(H,49,53)(H,50,57)/t33-,35+,39+,40-/m0/s1. The quantitative estimate of drug-likeness (QED) is 0.175. The number of carbonyl (C=O) groups excluding carboxylic acids is 5. The lowest BCUT2D eigenvalue weighted by atomic mass is 9.95. The van der Waals surface area contributed by atoms with Crippen molar-refractivity contribution in [3.05, 3.63) is 108 Å². The van der Waals surface area contributed by atoms with Crippen LogP contribution in [0.15, 0.2) is 91.1 Å². The van der Waals surface area contributed by atoms with Crippen molar-refractivity contribution >= 4 is 40.4 Å². The molecule has 12 nitrogen and oxygen atoms in total. The molecule has 4 heterocycles. The number of nitrogens with zero attached hydrogens (tertiary/aromatic N) is 2. The van der Waals surface area contributed by atoms with Crippen LogP contribution in [0.1, 0.15) is 61.6 Å². The van der Waals surface area contributed by atoms with Gasteiger partial charge in [0.1, 0.15) is 12.1 Å². The summed E-state index contributed by atoms with van der Waals surface area (Å²) in [6, 6.07) is 24.7. The molecule has 57 heavy (non-hydrogen) atoms. The number of para-hydroxylation sites is 1. The van der Waals surface area contributed by atoms with E-state index in [1.54, 1.807) is 0 Å². The van der Waals surface area contributed by atoms with Gasteiger partial charge in [-0.3, -0.25) is 24.0 Å². The number of hydrogen-bond donors (Lipinski definition) is 5. The maximum absolute atomic E-state index is 14.3. The second-order valence-electron chi connectivity index (χ2n) is 15.9. The zero-order chi connectivity index (χ0) is 39.6. The fraction of sp³-hybridized carbons (Fsp3) is 0.444. The molecule has 12 heteroatoms. The lowest BCUT2D eigenvalue weighted by Crippen LogP contribution is -2.58. The molecule has 7 rings (SSSR count). The van der Waals surface area contributed by atoms with E-state index >= 15 is 0 Å². The summed E-state index contributed by atoms with van der Waals surface area (Å²) in [4.78, 5) is 78.1. The maximum Gasteiger partial charge on any atom is 0.243 e. The Morgan fingerprint density at radius 2 is 1.28 bits per heavy atom. The number of carbonyl (C=O) groups is 5. The summed E-state index contributed by atoms with van der Waals surface area (Å²) >= 11 is 0. The zero-order valence-electron chi connectivity index (χ0n) is 32.6. The third-order valence-electron chi connectivity index (χ3n) is 11.8. The molecule has 4 aromatic rings. The summed E-state index contributed by atoms with van der Waals surface area (Å²) in [5, 5.41) is 12.9. The molecular formula is C45H55N7O5. The third-order valence-corrected chi connectivity index (χ3v) is 11.8. The van der Waals surface area contributed by atoms with Gasteiger partial charge in [0.05, 0.1) is 12.0 Å². The van der Waals surface area contributed by atoms with Crippen molar-refractivity contribution in [1.82, 2.24) is 36.1 Å². The molecule has 3 aliphatic rings. The van der Waals surface area contributed by atoms with Gasteiger partial charge in [0, 0.05) is 68.5 Å². The van der Waals surface area contributed by atoms with Gasteiger partial charge in [-0.25, -0.2) is 0 Å². The van der Waals surface area contributed by atoms with Gasteiger partial charge >= 0.3 is 0 Å². The van der Waals surface area contributed by atoms with Crippen LogP contribution in [0.4, 0.5) is 0 Å². The number of aromatic amines is 1. The largest absolute Gasteiger partial charge is 0.361 e. The van der Waals surface area contributed by atoms with Crippen molar-refractivity contribution in [3.8, 4) is 0 Å². The monoisotopic (exact) mass is 773 g/mol. The average molecular weight is 774 g/mol. The Morgan fingerprint density at radius 1 is 0.649 bits per heavy atom. The minimum Gasteiger partial charge on any atom is -0.361 e. The molecule has 0 saturated carbocycles. The Morgan fingerprint density at radius 3 is 2.00 bits per heavy atom. The highest BCUT2D eigenvalue weighted by atomic mass is 16.2. The van der Waals surface area contributed by atoms with E-state index < -0.39 is 47.7 Å². The van der Waals surface area contributed by atoms with Gasteiger partial charge in [0.25, 0.3) is 0 Å². The van der Waals surface area contributed by atoms with Crippen molar-refractivity contribution in [2.24, 2.45) is 5.92 Å². The fourth-order valence-electron chi connectivity index (χ4n) is 8.64. The topological polar surface area (TPSA) is 156 Å². The molecule has 0 radical (unpaired) electrons. The minimum absolute atomic E-state index is 0.0716. The average Bonchev–Trinajstić information content (AvgIpc) is 3.65. The van der Waals surface area contributed by atoms with Crippen LogP contribution in [-0.4, -0.2) is 101 Å².